The van der Waals surface area contributed by atoms with Crippen LogP contribution < -0.4 is 0 Å². The van der Waals surface area contributed by atoms with Gasteiger partial charge in [0, 0.05) is 19.0 Å². The van der Waals surface area contributed by atoms with E-state index in [-0.39, 0.29) is 31.4 Å². The molecular formula is C21H18N2O5S. The average Bonchev–Trinajstić information content (AvgIpc) is 3.43. The molecule has 8 heteroatoms. The molecule has 2 aromatic heterocycles. The Hall–Kier alpha value is -3.26. The first-order valence-electron chi connectivity index (χ1n) is 9.15. The van der Waals surface area contributed by atoms with E-state index in [9.17, 15) is 14.4 Å². The van der Waals surface area contributed by atoms with Gasteiger partial charge in [0.25, 0.3) is 11.8 Å². The van der Waals surface area contributed by atoms with Crippen molar-refractivity contribution in [2.24, 2.45) is 0 Å². The number of aromatic nitrogens is 1. The molecular weight excluding hydrogens is 392 g/mol. The summed E-state index contributed by atoms with van der Waals surface area (Å²) < 4.78 is 10.4. The van der Waals surface area contributed by atoms with E-state index in [2.05, 4.69) is 5.16 Å². The van der Waals surface area contributed by atoms with Gasteiger partial charge in [0.2, 0.25) is 0 Å². The molecule has 0 atom stereocenters. The minimum absolute atomic E-state index is 0.0139. The molecule has 3 aromatic rings. The molecule has 29 heavy (non-hydrogen) atoms. The molecule has 0 saturated carbocycles. The summed E-state index contributed by atoms with van der Waals surface area (Å²) >= 11 is 1.53. The molecule has 4 rings (SSSR count). The molecule has 3 heterocycles. The van der Waals surface area contributed by atoms with Crippen LogP contribution in [0.3, 0.4) is 0 Å². The number of hydrogen-bond donors (Lipinski definition) is 0. The minimum atomic E-state index is -0.418. The lowest BCUT2D eigenvalue weighted by Gasteiger charge is -2.13. The van der Waals surface area contributed by atoms with Crippen molar-refractivity contribution in [2.45, 2.75) is 26.4 Å². The summed E-state index contributed by atoms with van der Waals surface area (Å²) in [4.78, 5) is 38.9. The smallest absolute Gasteiger partial charge is 0.306 e. The van der Waals surface area contributed by atoms with Gasteiger partial charge in [-0.3, -0.25) is 19.3 Å². The van der Waals surface area contributed by atoms with E-state index in [1.165, 1.54) is 16.2 Å². The zero-order chi connectivity index (χ0) is 20.4. The lowest BCUT2D eigenvalue weighted by Crippen LogP contribution is -2.31. The van der Waals surface area contributed by atoms with E-state index >= 15 is 0 Å². The number of carbonyl (C=O) groups excluding carboxylic acids is 3. The van der Waals surface area contributed by atoms with Gasteiger partial charge in [0.1, 0.15) is 12.3 Å². The number of hydrogen-bond acceptors (Lipinski definition) is 7. The normalized spacial score (nSPS) is 13.1. The standard InChI is InChI=1S/C21H18N2O5S/c1-13-6-7-15-16(10-13)21(26)23(20(15)25)8-2-5-19(24)27-12-14-11-17(28-22-14)18-4-3-9-29-18/h3-4,6-7,9-11H,2,5,8,12H2,1H3. The van der Waals surface area contributed by atoms with Crippen molar-refractivity contribution in [3.8, 4) is 10.6 Å². The van der Waals surface area contributed by atoms with E-state index in [4.69, 9.17) is 9.26 Å². The number of nitrogens with zero attached hydrogens (tertiary/aromatic N) is 2. The van der Waals surface area contributed by atoms with Crippen molar-refractivity contribution in [1.82, 2.24) is 10.1 Å². The van der Waals surface area contributed by atoms with Crippen LogP contribution in [0.5, 0.6) is 0 Å². The van der Waals surface area contributed by atoms with Crippen LogP contribution in [0, 0.1) is 6.92 Å². The summed E-state index contributed by atoms with van der Waals surface area (Å²) in [5, 5.41) is 5.83. The molecule has 0 bridgehead atoms. The van der Waals surface area contributed by atoms with E-state index < -0.39 is 5.97 Å². The highest BCUT2D eigenvalue weighted by molar-refractivity contribution is 7.13. The van der Waals surface area contributed by atoms with Crippen LogP contribution in [0.4, 0.5) is 0 Å². The maximum atomic E-state index is 12.4. The number of fused-ring (bicyclic) bond motifs is 1. The van der Waals surface area contributed by atoms with Crippen LogP contribution in [0.1, 0.15) is 44.8 Å². The van der Waals surface area contributed by atoms with Crippen LogP contribution >= 0.6 is 11.3 Å². The number of esters is 1. The van der Waals surface area contributed by atoms with Crippen molar-refractivity contribution < 1.29 is 23.6 Å². The van der Waals surface area contributed by atoms with Gasteiger partial charge in [-0.15, -0.1) is 11.3 Å². The second-order valence-corrected chi connectivity index (χ2v) is 7.68. The summed E-state index contributed by atoms with van der Waals surface area (Å²) in [5.41, 5.74) is 2.28. The topological polar surface area (TPSA) is 89.7 Å². The van der Waals surface area contributed by atoms with Gasteiger partial charge in [0.05, 0.1) is 16.0 Å². The summed E-state index contributed by atoms with van der Waals surface area (Å²) in [6, 6.07) is 10.8. The Balaban J connectivity index is 1.25. The molecule has 0 saturated heterocycles. The second-order valence-electron chi connectivity index (χ2n) is 6.74. The minimum Gasteiger partial charge on any atom is -0.459 e. The van der Waals surface area contributed by atoms with Crippen LogP contribution in [-0.2, 0) is 16.1 Å². The largest absolute Gasteiger partial charge is 0.459 e. The third kappa shape index (κ3) is 3.97. The summed E-state index contributed by atoms with van der Waals surface area (Å²) in [6.45, 7) is 2.06. The first kappa shape index (κ1) is 19.1. The third-order valence-corrected chi connectivity index (χ3v) is 5.48. The van der Waals surface area contributed by atoms with Crippen molar-refractivity contribution in [2.75, 3.05) is 6.54 Å². The Morgan fingerprint density at radius 1 is 1.17 bits per heavy atom. The van der Waals surface area contributed by atoms with Gasteiger partial charge in [0.15, 0.2) is 5.76 Å². The average molecular weight is 410 g/mol. The molecule has 1 aliphatic heterocycles. The van der Waals surface area contributed by atoms with Gasteiger partial charge in [-0.1, -0.05) is 22.9 Å². The number of imide groups is 1. The first-order valence-corrected chi connectivity index (χ1v) is 10.0. The van der Waals surface area contributed by atoms with Gasteiger partial charge >= 0.3 is 5.97 Å². The van der Waals surface area contributed by atoms with Crippen molar-refractivity contribution in [3.63, 3.8) is 0 Å². The maximum Gasteiger partial charge on any atom is 0.306 e. The molecule has 0 radical (unpaired) electrons. The number of ether oxygens (including phenoxy) is 1. The highest BCUT2D eigenvalue weighted by Crippen LogP contribution is 2.26. The monoisotopic (exact) mass is 410 g/mol. The Labute approximate surface area is 170 Å². The van der Waals surface area contributed by atoms with Gasteiger partial charge in [-0.25, -0.2) is 0 Å². The number of aryl methyl sites for hydroxylation is 1. The van der Waals surface area contributed by atoms with Crippen molar-refractivity contribution in [1.29, 1.82) is 0 Å². The van der Waals surface area contributed by atoms with Crippen LogP contribution in [-0.4, -0.2) is 34.4 Å². The second kappa shape index (κ2) is 8.00. The maximum absolute atomic E-state index is 12.4. The predicted octanol–water partition coefficient (Wildman–Crippen LogP) is 3.83. The third-order valence-electron chi connectivity index (χ3n) is 4.59. The fourth-order valence-corrected chi connectivity index (χ4v) is 3.80. The number of carbonyl (C=O) groups is 3. The van der Waals surface area contributed by atoms with E-state index in [1.807, 2.05) is 24.4 Å². The molecule has 7 nitrogen and oxygen atoms in total. The Morgan fingerprint density at radius 2 is 2.00 bits per heavy atom. The molecule has 0 spiro atoms. The molecule has 2 amide bonds. The zero-order valence-corrected chi connectivity index (χ0v) is 16.5. The van der Waals surface area contributed by atoms with Gasteiger partial charge < -0.3 is 9.26 Å². The Bertz CT molecular complexity index is 1070. The SMILES string of the molecule is Cc1ccc2c(c1)C(=O)N(CCCC(=O)OCc1cc(-c3cccs3)on1)C2=O. The highest BCUT2D eigenvalue weighted by atomic mass is 32.1. The first-order chi connectivity index (χ1) is 14.0. The van der Waals surface area contributed by atoms with Crippen LogP contribution in [0.2, 0.25) is 0 Å². The molecule has 0 fully saturated rings. The number of thiophene rings is 1. The molecule has 1 aromatic carbocycles. The summed E-state index contributed by atoms with van der Waals surface area (Å²) in [6.07, 6.45) is 0.435. The van der Waals surface area contributed by atoms with Gasteiger partial charge in [-0.05, 0) is 36.9 Å². The van der Waals surface area contributed by atoms with Crippen LogP contribution in [0.15, 0.2) is 46.3 Å². The molecule has 0 N–H and O–H groups in total. The summed E-state index contributed by atoms with van der Waals surface area (Å²) in [7, 11) is 0. The van der Waals surface area contributed by atoms with Crippen molar-refractivity contribution >= 4 is 29.1 Å². The molecule has 0 unspecified atom stereocenters. The quantitative estimate of drug-likeness (QED) is 0.434. The number of benzene rings is 1. The van der Waals surface area contributed by atoms with E-state index in [0.29, 0.717) is 29.0 Å². The fraction of sp³-hybridized carbons (Fsp3) is 0.238. The number of amides is 2. The summed E-state index contributed by atoms with van der Waals surface area (Å²) in [5.74, 6) is -0.419. The molecule has 0 aliphatic carbocycles. The molecule has 1 aliphatic rings. The fourth-order valence-electron chi connectivity index (χ4n) is 3.13. The predicted molar refractivity (Wildman–Crippen MR) is 105 cm³/mol. The Morgan fingerprint density at radius 3 is 2.79 bits per heavy atom. The van der Waals surface area contributed by atoms with Crippen LogP contribution in [0.25, 0.3) is 10.6 Å². The highest BCUT2D eigenvalue weighted by Gasteiger charge is 2.35. The lowest BCUT2D eigenvalue weighted by molar-refractivity contribution is -0.145. The van der Waals surface area contributed by atoms with Gasteiger partial charge in [-0.2, -0.15) is 0 Å². The molecule has 148 valence electrons. The van der Waals surface area contributed by atoms with E-state index in [1.54, 1.807) is 24.3 Å². The zero-order valence-electron chi connectivity index (χ0n) is 15.7. The number of rotatable bonds is 7. The van der Waals surface area contributed by atoms with E-state index in [0.717, 1.165) is 10.4 Å². The lowest BCUT2D eigenvalue weighted by atomic mass is 10.1. The Kier molecular flexibility index (Phi) is 5.26. The van der Waals surface area contributed by atoms with Crippen molar-refractivity contribution in [3.05, 3.63) is 64.2 Å².